The molecule has 5 nitrogen and oxygen atoms in total. The van der Waals surface area contributed by atoms with Crippen molar-refractivity contribution in [3.8, 4) is 5.75 Å². The van der Waals surface area contributed by atoms with E-state index >= 15 is 0 Å². The number of rotatable bonds is 6. The highest BCUT2D eigenvalue weighted by Gasteiger charge is 2.17. The highest BCUT2D eigenvalue weighted by molar-refractivity contribution is 5.76. The summed E-state index contributed by atoms with van der Waals surface area (Å²) >= 11 is 0. The van der Waals surface area contributed by atoms with Gasteiger partial charge in [0, 0.05) is 12.3 Å². The molecule has 1 aromatic rings. The van der Waals surface area contributed by atoms with Gasteiger partial charge in [0.25, 0.3) is 0 Å². The van der Waals surface area contributed by atoms with Crippen molar-refractivity contribution >= 4 is 11.6 Å². The van der Waals surface area contributed by atoms with Crippen LogP contribution in [-0.2, 0) is 9.53 Å². The fraction of sp³-hybridized carbons (Fsp3) is 0.533. The Bertz CT molecular complexity index is 414. The molecule has 1 aliphatic heterocycles. The Morgan fingerprint density at radius 2 is 2.15 bits per heavy atom. The van der Waals surface area contributed by atoms with Crippen LogP contribution in [0.4, 0.5) is 5.69 Å². The maximum Gasteiger partial charge on any atom is 0.222 e. The Balaban J connectivity index is 1.58. The molecule has 1 aromatic carbocycles. The molecule has 20 heavy (non-hydrogen) atoms. The van der Waals surface area contributed by atoms with Crippen molar-refractivity contribution in [1.29, 1.82) is 0 Å². The van der Waals surface area contributed by atoms with Crippen LogP contribution in [0, 0.1) is 0 Å². The molecular weight excluding hydrogens is 256 g/mol. The van der Waals surface area contributed by atoms with Gasteiger partial charge in [0.2, 0.25) is 5.91 Å². The number of carbonyl (C=O) groups excluding carboxylic acids is 1. The number of nitrogens with one attached hydrogen (secondary N) is 1. The van der Waals surface area contributed by atoms with Gasteiger partial charge >= 0.3 is 0 Å². The molecule has 1 fully saturated rings. The second-order valence-electron chi connectivity index (χ2n) is 4.96. The summed E-state index contributed by atoms with van der Waals surface area (Å²) in [6, 6.07) is 7.20. The third-order valence-corrected chi connectivity index (χ3v) is 3.26. The lowest BCUT2D eigenvalue weighted by atomic mass is 10.1. The minimum Gasteiger partial charge on any atom is -0.492 e. The zero-order valence-corrected chi connectivity index (χ0v) is 11.6. The average Bonchev–Trinajstić information content (AvgIpc) is 2.46. The normalized spacial score (nSPS) is 18.5. The van der Waals surface area contributed by atoms with E-state index in [9.17, 15) is 4.79 Å². The second-order valence-corrected chi connectivity index (χ2v) is 4.96. The smallest absolute Gasteiger partial charge is 0.222 e. The number of hydrogen-bond acceptors (Lipinski definition) is 4. The first-order chi connectivity index (χ1) is 9.74. The van der Waals surface area contributed by atoms with E-state index in [0.29, 0.717) is 25.3 Å². The van der Waals surface area contributed by atoms with E-state index in [1.54, 1.807) is 12.1 Å². The van der Waals surface area contributed by atoms with E-state index in [1.807, 2.05) is 12.1 Å². The Morgan fingerprint density at radius 1 is 1.35 bits per heavy atom. The Hall–Kier alpha value is -1.75. The van der Waals surface area contributed by atoms with E-state index < -0.39 is 0 Å². The van der Waals surface area contributed by atoms with Crippen LogP contribution in [0.3, 0.4) is 0 Å². The van der Waals surface area contributed by atoms with Gasteiger partial charge < -0.3 is 20.5 Å². The maximum absolute atomic E-state index is 11.7. The zero-order chi connectivity index (χ0) is 14.2. The molecule has 5 heteroatoms. The van der Waals surface area contributed by atoms with E-state index in [0.717, 1.165) is 31.6 Å². The molecule has 1 unspecified atom stereocenters. The summed E-state index contributed by atoms with van der Waals surface area (Å²) in [6.07, 6.45) is 3.77. The van der Waals surface area contributed by atoms with Crippen molar-refractivity contribution in [1.82, 2.24) is 5.32 Å². The third-order valence-electron chi connectivity index (χ3n) is 3.26. The molecule has 0 aromatic heterocycles. The van der Waals surface area contributed by atoms with Gasteiger partial charge in [-0.05, 0) is 43.5 Å². The van der Waals surface area contributed by atoms with Gasteiger partial charge in [-0.1, -0.05) is 0 Å². The number of hydrogen-bond donors (Lipinski definition) is 2. The summed E-state index contributed by atoms with van der Waals surface area (Å²) in [5.41, 5.74) is 6.29. The standard InChI is InChI=1S/C15H22N2O3/c16-12-4-6-13(7-5-12)20-10-8-17-15(18)11-14-3-1-2-9-19-14/h4-7,14H,1-3,8-11,16H2,(H,17,18). The zero-order valence-electron chi connectivity index (χ0n) is 11.6. The van der Waals surface area contributed by atoms with Crippen molar-refractivity contribution in [2.45, 2.75) is 31.8 Å². The quantitative estimate of drug-likeness (QED) is 0.614. The summed E-state index contributed by atoms with van der Waals surface area (Å²) in [4.78, 5) is 11.7. The minimum atomic E-state index is 0.0257. The number of anilines is 1. The molecule has 1 amide bonds. The Kier molecular flexibility index (Phi) is 5.68. The van der Waals surface area contributed by atoms with Gasteiger partial charge in [-0.2, -0.15) is 0 Å². The summed E-state index contributed by atoms with van der Waals surface area (Å²) in [6.45, 7) is 1.72. The predicted octanol–water partition coefficient (Wildman–Crippen LogP) is 1.72. The van der Waals surface area contributed by atoms with E-state index in [1.165, 1.54) is 0 Å². The van der Waals surface area contributed by atoms with Crippen molar-refractivity contribution in [3.05, 3.63) is 24.3 Å². The van der Waals surface area contributed by atoms with Crippen molar-refractivity contribution in [3.63, 3.8) is 0 Å². The lowest BCUT2D eigenvalue weighted by Crippen LogP contribution is -2.32. The summed E-state index contributed by atoms with van der Waals surface area (Å²) in [5, 5.41) is 2.84. The molecule has 1 saturated heterocycles. The van der Waals surface area contributed by atoms with Crippen LogP contribution in [0.15, 0.2) is 24.3 Å². The molecule has 1 aliphatic rings. The molecule has 0 aliphatic carbocycles. The number of amides is 1. The molecule has 0 radical (unpaired) electrons. The number of benzene rings is 1. The van der Waals surface area contributed by atoms with Crippen LogP contribution < -0.4 is 15.8 Å². The molecule has 0 saturated carbocycles. The van der Waals surface area contributed by atoms with Gasteiger partial charge in [-0.3, -0.25) is 4.79 Å². The first-order valence-electron chi connectivity index (χ1n) is 7.10. The SMILES string of the molecule is Nc1ccc(OCCNC(=O)CC2CCCCO2)cc1. The number of nitrogens with two attached hydrogens (primary N) is 1. The van der Waals surface area contributed by atoms with Crippen molar-refractivity contribution in [2.24, 2.45) is 0 Å². The van der Waals surface area contributed by atoms with Crippen LogP contribution in [0.5, 0.6) is 5.75 Å². The van der Waals surface area contributed by atoms with E-state index in [2.05, 4.69) is 5.32 Å². The molecule has 1 heterocycles. The molecule has 1 atom stereocenters. The summed E-state index contributed by atoms with van der Waals surface area (Å²) < 4.78 is 11.0. The first-order valence-corrected chi connectivity index (χ1v) is 7.10. The fourth-order valence-corrected chi connectivity index (χ4v) is 2.17. The lowest BCUT2D eigenvalue weighted by molar-refractivity contribution is -0.124. The van der Waals surface area contributed by atoms with Gasteiger partial charge in [-0.15, -0.1) is 0 Å². The second kappa shape index (κ2) is 7.75. The molecule has 2 rings (SSSR count). The summed E-state index contributed by atoms with van der Waals surface area (Å²) in [7, 11) is 0. The van der Waals surface area contributed by atoms with Gasteiger partial charge in [0.15, 0.2) is 0 Å². The third kappa shape index (κ3) is 5.09. The minimum absolute atomic E-state index is 0.0257. The number of nitrogen functional groups attached to an aromatic ring is 1. The van der Waals surface area contributed by atoms with Gasteiger partial charge in [0.05, 0.1) is 19.1 Å². The number of ether oxygens (including phenoxy) is 2. The van der Waals surface area contributed by atoms with Gasteiger partial charge in [0.1, 0.15) is 12.4 Å². The van der Waals surface area contributed by atoms with Crippen molar-refractivity contribution in [2.75, 3.05) is 25.5 Å². The monoisotopic (exact) mass is 278 g/mol. The average molecular weight is 278 g/mol. The maximum atomic E-state index is 11.7. The summed E-state index contributed by atoms with van der Waals surface area (Å²) in [5.74, 6) is 0.780. The van der Waals surface area contributed by atoms with Crippen LogP contribution in [0.25, 0.3) is 0 Å². The topological polar surface area (TPSA) is 73.6 Å². The lowest BCUT2D eigenvalue weighted by Gasteiger charge is -2.21. The first kappa shape index (κ1) is 14.7. The van der Waals surface area contributed by atoms with Crippen LogP contribution in [0.1, 0.15) is 25.7 Å². The largest absolute Gasteiger partial charge is 0.492 e. The predicted molar refractivity (Wildman–Crippen MR) is 77.6 cm³/mol. The van der Waals surface area contributed by atoms with E-state index in [-0.39, 0.29) is 12.0 Å². The van der Waals surface area contributed by atoms with Crippen LogP contribution in [-0.4, -0.2) is 31.8 Å². The molecule has 3 N–H and O–H groups in total. The Labute approximate surface area is 119 Å². The van der Waals surface area contributed by atoms with Crippen LogP contribution >= 0.6 is 0 Å². The van der Waals surface area contributed by atoms with Crippen molar-refractivity contribution < 1.29 is 14.3 Å². The highest BCUT2D eigenvalue weighted by atomic mass is 16.5. The molecule has 110 valence electrons. The highest BCUT2D eigenvalue weighted by Crippen LogP contribution is 2.15. The molecule has 0 spiro atoms. The van der Waals surface area contributed by atoms with Gasteiger partial charge in [-0.25, -0.2) is 0 Å². The Morgan fingerprint density at radius 3 is 2.85 bits per heavy atom. The van der Waals surface area contributed by atoms with Crippen LogP contribution in [0.2, 0.25) is 0 Å². The number of carbonyl (C=O) groups is 1. The fourth-order valence-electron chi connectivity index (χ4n) is 2.17. The van der Waals surface area contributed by atoms with E-state index in [4.69, 9.17) is 15.2 Å². The molecule has 0 bridgehead atoms. The molecular formula is C15H22N2O3.